The van der Waals surface area contributed by atoms with Crippen LogP contribution in [0.15, 0.2) is 24.5 Å². The Labute approximate surface area is 139 Å². The molecule has 23 heavy (non-hydrogen) atoms. The van der Waals surface area contributed by atoms with Gasteiger partial charge in [0.15, 0.2) is 5.13 Å². The second-order valence-electron chi connectivity index (χ2n) is 6.92. The highest BCUT2D eigenvalue weighted by molar-refractivity contribution is 7.15. The molecule has 1 amide bonds. The highest BCUT2D eigenvalue weighted by atomic mass is 32.1. The van der Waals surface area contributed by atoms with Crippen LogP contribution >= 0.6 is 11.3 Å². The number of nitrogens with one attached hydrogen (secondary N) is 1. The Morgan fingerprint density at radius 1 is 1.35 bits per heavy atom. The van der Waals surface area contributed by atoms with Crippen molar-refractivity contribution in [1.29, 1.82) is 0 Å². The molecule has 4 rings (SSSR count). The minimum Gasteiger partial charge on any atom is -0.359 e. The number of carbonyl (C=O) groups is 1. The third-order valence-electron chi connectivity index (χ3n) is 4.87. The number of hydrogen-bond acceptors (Lipinski definition) is 5. The average Bonchev–Trinajstić information content (AvgIpc) is 2.97. The van der Waals surface area contributed by atoms with E-state index in [-0.39, 0.29) is 11.9 Å². The van der Waals surface area contributed by atoms with Crippen LogP contribution < -0.4 is 10.2 Å². The van der Waals surface area contributed by atoms with Crippen molar-refractivity contribution in [3.8, 4) is 0 Å². The van der Waals surface area contributed by atoms with Crippen LogP contribution in [0.25, 0.3) is 0 Å². The fraction of sp³-hybridized carbons (Fsp3) is 0.471. The van der Waals surface area contributed by atoms with Crippen molar-refractivity contribution in [3.05, 3.63) is 35.0 Å². The molecule has 1 saturated carbocycles. The van der Waals surface area contributed by atoms with Crippen molar-refractivity contribution < 1.29 is 4.79 Å². The molecule has 5 nitrogen and oxygen atoms in total. The van der Waals surface area contributed by atoms with Gasteiger partial charge >= 0.3 is 0 Å². The molecular weight excluding hydrogens is 308 g/mol. The first-order chi connectivity index (χ1) is 11.0. The zero-order valence-corrected chi connectivity index (χ0v) is 14.4. The van der Waals surface area contributed by atoms with Gasteiger partial charge in [-0.3, -0.25) is 9.69 Å². The molecule has 2 aliphatic rings. The average molecular weight is 328 g/mol. The molecule has 0 atom stereocenters. The number of aryl methyl sites for hydroxylation is 1. The lowest BCUT2D eigenvalue weighted by Gasteiger charge is -2.41. The second kappa shape index (κ2) is 5.03. The first-order valence-electron chi connectivity index (χ1n) is 7.95. The Morgan fingerprint density at radius 2 is 2.13 bits per heavy atom. The normalized spacial score (nSPS) is 25.2. The smallest absolute Gasteiger partial charge is 0.238 e. The fourth-order valence-electron chi connectivity index (χ4n) is 3.44. The summed E-state index contributed by atoms with van der Waals surface area (Å²) in [5.74, 6) is 1.01. The van der Waals surface area contributed by atoms with E-state index in [2.05, 4.69) is 22.2 Å². The monoisotopic (exact) mass is 328 g/mol. The van der Waals surface area contributed by atoms with Crippen LogP contribution in [-0.2, 0) is 10.2 Å². The molecule has 2 aromatic rings. The van der Waals surface area contributed by atoms with Gasteiger partial charge in [-0.05, 0) is 39.7 Å². The maximum absolute atomic E-state index is 12.8. The van der Waals surface area contributed by atoms with Crippen LogP contribution in [0.4, 0.5) is 10.9 Å². The lowest BCUT2D eigenvalue weighted by Crippen LogP contribution is -2.53. The van der Waals surface area contributed by atoms with E-state index < -0.39 is 5.41 Å². The van der Waals surface area contributed by atoms with Crippen molar-refractivity contribution >= 4 is 28.2 Å². The Hall–Kier alpha value is -1.95. The van der Waals surface area contributed by atoms with E-state index >= 15 is 0 Å². The minimum atomic E-state index is -0.478. The molecule has 120 valence electrons. The van der Waals surface area contributed by atoms with Crippen LogP contribution in [0, 0.1) is 6.92 Å². The number of rotatable bonds is 3. The number of fused-ring (bicyclic) bond motifs is 1. The molecule has 1 aliphatic carbocycles. The predicted octanol–water partition coefficient (Wildman–Crippen LogP) is 3.11. The van der Waals surface area contributed by atoms with Gasteiger partial charge in [0, 0.05) is 34.9 Å². The van der Waals surface area contributed by atoms with E-state index in [1.165, 1.54) is 4.88 Å². The summed E-state index contributed by atoms with van der Waals surface area (Å²) in [4.78, 5) is 24.8. The van der Waals surface area contributed by atoms with Crippen LogP contribution in [-0.4, -0.2) is 28.0 Å². The molecule has 0 bridgehead atoms. The van der Waals surface area contributed by atoms with E-state index in [1.54, 1.807) is 17.5 Å². The molecule has 1 N–H and O–H groups in total. The first kappa shape index (κ1) is 14.6. The molecule has 0 aromatic carbocycles. The SMILES string of the molecule is Cc1cnc(NC2CC(N3C(=O)C(C)(C)c4cccnc43)C2)s1. The lowest BCUT2D eigenvalue weighted by atomic mass is 9.84. The number of amides is 1. The molecule has 2 aromatic heterocycles. The van der Waals surface area contributed by atoms with Crippen LogP contribution in [0.2, 0.25) is 0 Å². The molecule has 6 heteroatoms. The lowest BCUT2D eigenvalue weighted by molar-refractivity contribution is -0.122. The summed E-state index contributed by atoms with van der Waals surface area (Å²) in [6.45, 7) is 6.03. The van der Waals surface area contributed by atoms with Crippen molar-refractivity contribution in [2.45, 2.75) is 51.1 Å². The quantitative estimate of drug-likeness (QED) is 0.940. The summed E-state index contributed by atoms with van der Waals surface area (Å²) in [7, 11) is 0. The van der Waals surface area contributed by atoms with Gasteiger partial charge in [-0.2, -0.15) is 0 Å². The number of aromatic nitrogens is 2. The zero-order valence-electron chi connectivity index (χ0n) is 13.5. The van der Waals surface area contributed by atoms with Gasteiger partial charge in [-0.1, -0.05) is 6.07 Å². The Kier molecular flexibility index (Phi) is 3.20. The summed E-state index contributed by atoms with van der Waals surface area (Å²) < 4.78 is 0. The van der Waals surface area contributed by atoms with Crippen molar-refractivity contribution in [3.63, 3.8) is 0 Å². The molecule has 0 radical (unpaired) electrons. The topological polar surface area (TPSA) is 58.1 Å². The third kappa shape index (κ3) is 2.24. The van der Waals surface area contributed by atoms with E-state index in [0.29, 0.717) is 6.04 Å². The number of hydrogen-bond donors (Lipinski definition) is 1. The number of anilines is 2. The van der Waals surface area contributed by atoms with Gasteiger partial charge < -0.3 is 5.32 Å². The summed E-state index contributed by atoms with van der Waals surface area (Å²) in [6, 6.07) is 4.55. The summed E-state index contributed by atoms with van der Waals surface area (Å²) in [6.07, 6.45) is 5.54. The predicted molar refractivity (Wildman–Crippen MR) is 92.0 cm³/mol. The molecule has 1 aliphatic heterocycles. The number of carbonyl (C=O) groups excluding carboxylic acids is 1. The summed E-state index contributed by atoms with van der Waals surface area (Å²) in [5.41, 5.74) is 0.561. The number of pyridine rings is 1. The Morgan fingerprint density at radius 3 is 2.83 bits per heavy atom. The van der Waals surface area contributed by atoms with Crippen molar-refractivity contribution in [1.82, 2.24) is 9.97 Å². The number of thiazole rings is 1. The van der Waals surface area contributed by atoms with Crippen LogP contribution in [0.5, 0.6) is 0 Å². The van der Waals surface area contributed by atoms with Gasteiger partial charge in [0.05, 0.1) is 5.41 Å². The van der Waals surface area contributed by atoms with Crippen LogP contribution in [0.3, 0.4) is 0 Å². The maximum Gasteiger partial charge on any atom is 0.238 e. The van der Waals surface area contributed by atoms with Gasteiger partial charge in [0.25, 0.3) is 0 Å². The van der Waals surface area contributed by atoms with Gasteiger partial charge in [-0.25, -0.2) is 9.97 Å². The molecule has 1 fully saturated rings. The van der Waals surface area contributed by atoms with E-state index in [4.69, 9.17) is 0 Å². The van der Waals surface area contributed by atoms with E-state index in [1.807, 2.05) is 37.1 Å². The highest BCUT2D eigenvalue weighted by Gasteiger charge is 2.50. The van der Waals surface area contributed by atoms with Gasteiger partial charge in [0.2, 0.25) is 5.91 Å². The molecular formula is C17H20N4OS. The van der Waals surface area contributed by atoms with Gasteiger partial charge in [-0.15, -0.1) is 11.3 Å². The zero-order chi connectivity index (χ0) is 16.2. The maximum atomic E-state index is 12.8. The second-order valence-corrected chi connectivity index (χ2v) is 8.15. The van der Waals surface area contributed by atoms with Gasteiger partial charge in [0.1, 0.15) is 5.82 Å². The van der Waals surface area contributed by atoms with Crippen molar-refractivity contribution in [2.75, 3.05) is 10.2 Å². The van der Waals surface area contributed by atoms with E-state index in [0.717, 1.165) is 29.4 Å². The van der Waals surface area contributed by atoms with Crippen molar-refractivity contribution in [2.24, 2.45) is 0 Å². The first-order valence-corrected chi connectivity index (χ1v) is 8.76. The standard InChI is InChI=1S/C17H20N4OS/c1-10-9-19-16(23-10)20-11-7-12(8-11)21-14-13(5-4-6-18-14)17(2,3)15(21)22/h4-6,9,11-12H,7-8H2,1-3H3,(H,19,20). The number of nitrogens with zero attached hydrogens (tertiary/aromatic N) is 3. The Balaban J connectivity index is 1.49. The molecule has 0 spiro atoms. The summed E-state index contributed by atoms with van der Waals surface area (Å²) >= 11 is 1.67. The Bertz CT molecular complexity index is 763. The highest BCUT2D eigenvalue weighted by Crippen LogP contribution is 2.44. The third-order valence-corrected chi connectivity index (χ3v) is 5.71. The van der Waals surface area contributed by atoms with Crippen LogP contribution in [0.1, 0.15) is 37.1 Å². The summed E-state index contributed by atoms with van der Waals surface area (Å²) in [5, 5.41) is 4.43. The largest absolute Gasteiger partial charge is 0.359 e. The fourth-order valence-corrected chi connectivity index (χ4v) is 4.18. The molecule has 3 heterocycles. The minimum absolute atomic E-state index is 0.166. The molecule has 0 unspecified atom stereocenters. The van der Waals surface area contributed by atoms with E-state index in [9.17, 15) is 4.79 Å². The molecule has 0 saturated heterocycles.